The summed E-state index contributed by atoms with van der Waals surface area (Å²) in [4.78, 5) is 12.2. The molecule has 0 aliphatic heterocycles. The average molecular weight is 319 g/mol. The summed E-state index contributed by atoms with van der Waals surface area (Å²) in [6.45, 7) is 3.33. The summed E-state index contributed by atoms with van der Waals surface area (Å²) in [6.07, 6.45) is 3.42. The van der Waals surface area contributed by atoms with Gasteiger partial charge in [0.05, 0.1) is 0 Å². The fraction of sp³-hybridized carbons (Fsp3) is 0.438. The summed E-state index contributed by atoms with van der Waals surface area (Å²) in [6, 6.07) is 7.76. The molecule has 1 aliphatic rings. The predicted octanol–water partition coefficient (Wildman–Crippen LogP) is 2.41. The lowest BCUT2D eigenvalue weighted by molar-refractivity contribution is -0.122. The zero-order valence-corrected chi connectivity index (χ0v) is 13.3. The minimum absolute atomic E-state index is 0.0476. The molecule has 1 heterocycles. The summed E-state index contributed by atoms with van der Waals surface area (Å²) in [5, 5.41) is 11.7. The third-order valence-electron chi connectivity index (χ3n) is 4.10. The minimum atomic E-state index is 0.0476. The van der Waals surface area contributed by atoms with Crippen LogP contribution in [0.4, 0.5) is 0 Å². The lowest BCUT2D eigenvalue weighted by Crippen LogP contribution is -2.29. The van der Waals surface area contributed by atoms with Crippen molar-refractivity contribution in [2.24, 2.45) is 5.92 Å². The van der Waals surface area contributed by atoms with Crippen LogP contribution in [-0.2, 0) is 17.8 Å². The molecule has 1 fully saturated rings. The van der Waals surface area contributed by atoms with Gasteiger partial charge in [-0.05, 0) is 24.0 Å². The average Bonchev–Trinajstić information content (AvgIpc) is 3.19. The van der Waals surface area contributed by atoms with Crippen molar-refractivity contribution in [1.82, 2.24) is 20.1 Å². The Bertz CT molecular complexity index is 670. The van der Waals surface area contributed by atoms with Gasteiger partial charge >= 0.3 is 0 Å². The highest BCUT2D eigenvalue weighted by molar-refractivity contribution is 6.31. The predicted molar refractivity (Wildman–Crippen MR) is 84.7 cm³/mol. The van der Waals surface area contributed by atoms with Crippen molar-refractivity contribution < 1.29 is 4.79 Å². The van der Waals surface area contributed by atoms with E-state index in [-0.39, 0.29) is 17.7 Å². The first-order valence-electron chi connectivity index (χ1n) is 7.59. The summed E-state index contributed by atoms with van der Waals surface area (Å²) in [7, 11) is 0. The van der Waals surface area contributed by atoms with Gasteiger partial charge in [0.2, 0.25) is 5.91 Å². The van der Waals surface area contributed by atoms with E-state index in [9.17, 15) is 4.79 Å². The maximum atomic E-state index is 12.2. The summed E-state index contributed by atoms with van der Waals surface area (Å²) >= 11 is 6.19. The second kappa shape index (κ2) is 6.48. The number of carbonyl (C=O) groups excluding carboxylic acids is 1. The normalized spacial score (nSPS) is 19.9. The van der Waals surface area contributed by atoms with Crippen LogP contribution in [-0.4, -0.2) is 27.2 Å². The van der Waals surface area contributed by atoms with Gasteiger partial charge < -0.3 is 9.88 Å². The monoisotopic (exact) mass is 318 g/mol. The zero-order valence-electron chi connectivity index (χ0n) is 12.5. The number of hydrogen-bond donors (Lipinski definition) is 1. The van der Waals surface area contributed by atoms with E-state index in [1.165, 1.54) is 0 Å². The number of rotatable bonds is 6. The Labute approximate surface area is 134 Å². The lowest BCUT2D eigenvalue weighted by Gasteiger charge is -2.07. The SMILES string of the molecule is CCc1nncn1CCNC(=O)[C@H]1C[C@@H]1c1ccccc1Cl. The van der Waals surface area contributed by atoms with Crippen LogP contribution in [0.1, 0.15) is 30.7 Å². The first-order valence-corrected chi connectivity index (χ1v) is 7.97. The molecule has 2 aromatic rings. The standard InChI is InChI=1S/C16H19ClN4O/c1-2-15-20-19-10-21(15)8-7-18-16(22)13-9-12(13)11-5-3-4-6-14(11)17/h3-6,10,12-13H,2,7-9H2,1H3,(H,18,22)/t12-,13+/m1/s1. The molecule has 1 amide bonds. The number of aromatic nitrogens is 3. The lowest BCUT2D eigenvalue weighted by atomic mass is 10.1. The molecular weight excluding hydrogens is 300 g/mol. The van der Waals surface area contributed by atoms with Crippen LogP contribution in [0.15, 0.2) is 30.6 Å². The second-order valence-corrected chi connectivity index (χ2v) is 5.96. The van der Waals surface area contributed by atoms with Gasteiger partial charge in [-0.1, -0.05) is 36.7 Å². The van der Waals surface area contributed by atoms with Gasteiger partial charge in [-0.3, -0.25) is 4.79 Å². The van der Waals surface area contributed by atoms with Crippen LogP contribution in [0, 0.1) is 5.92 Å². The quantitative estimate of drug-likeness (QED) is 0.889. The third kappa shape index (κ3) is 3.14. The molecule has 6 heteroatoms. The van der Waals surface area contributed by atoms with Crippen LogP contribution in [0.2, 0.25) is 5.02 Å². The molecule has 0 spiro atoms. The van der Waals surface area contributed by atoms with E-state index < -0.39 is 0 Å². The number of nitrogens with zero attached hydrogens (tertiary/aromatic N) is 3. The van der Waals surface area contributed by atoms with Gasteiger partial charge in [0, 0.05) is 30.5 Å². The van der Waals surface area contributed by atoms with E-state index in [0.717, 1.165) is 29.3 Å². The van der Waals surface area contributed by atoms with Gasteiger partial charge in [-0.25, -0.2) is 0 Å². The van der Waals surface area contributed by atoms with E-state index >= 15 is 0 Å². The molecule has 0 saturated heterocycles. The number of hydrogen-bond acceptors (Lipinski definition) is 3. The first kappa shape index (κ1) is 15.0. The van der Waals surface area contributed by atoms with Crippen LogP contribution in [0.5, 0.6) is 0 Å². The zero-order chi connectivity index (χ0) is 15.5. The molecule has 0 unspecified atom stereocenters. The molecule has 5 nitrogen and oxygen atoms in total. The Hall–Kier alpha value is -1.88. The maximum Gasteiger partial charge on any atom is 0.223 e. The van der Waals surface area contributed by atoms with Crippen molar-refractivity contribution in [3.63, 3.8) is 0 Å². The van der Waals surface area contributed by atoms with E-state index in [1.807, 2.05) is 35.8 Å². The summed E-state index contributed by atoms with van der Waals surface area (Å²) in [5.74, 6) is 1.35. The smallest absolute Gasteiger partial charge is 0.223 e. The molecule has 0 radical (unpaired) electrons. The number of aryl methyl sites for hydroxylation is 1. The second-order valence-electron chi connectivity index (χ2n) is 5.56. The van der Waals surface area contributed by atoms with Crippen LogP contribution in [0.25, 0.3) is 0 Å². The Morgan fingerprint density at radius 1 is 1.45 bits per heavy atom. The number of halogens is 1. The number of amides is 1. The third-order valence-corrected chi connectivity index (χ3v) is 4.44. The molecule has 22 heavy (non-hydrogen) atoms. The van der Waals surface area contributed by atoms with Crippen LogP contribution in [0.3, 0.4) is 0 Å². The van der Waals surface area contributed by atoms with Crippen molar-refractivity contribution >= 4 is 17.5 Å². The van der Waals surface area contributed by atoms with Gasteiger partial charge in [0.25, 0.3) is 0 Å². The van der Waals surface area contributed by atoms with Gasteiger partial charge in [-0.15, -0.1) is 10.2 Å². The van der Waals surface area contributed by atoms with Gasteiger partial charge in [0.1, 0.15) is 12.2 Å². The fourth-order valence-corrected chi connectivity index (χ4v) is 3.05. The molecule has 0 bridgehead atoms. The van der Waals surface area contributed by atoms with E-state index in [4.69, 9.17) is 11.6 Å². The van der Waals surface area contributed by atoms with Crippen LogP contribution >= 0.6 is 11.6 Å². The molecule has 2 atom stereocenters. The molecular formula is C16H19ClN4O. The molecule has 1 aromatic heterocycles. The van der Waals surface area contributed by atoms with Crippen molar-refractivity contribution in [2.45, 2.75) is 32.2 Å². The molecule has 1 N–H and O–H groups in total. The fourth-order valence-electron chi connectivity index (χ4n) is 2.77. The maximum absolute atomic E-state index is 12.2. The molecule has 1 aromatic carbocycles. The Morgan fingerprint density at radius 2 is 2.27 bits per heavy atom. The van der Waals surface area contributed by atoms with E-state index in [0.29, 0.717) is 13.1 Å². The largest absolute Gasteiger partial charge is 0.354 e. The van der Waals surface area contributed by atoms with Crippen molar-refractivity contribution in [3.8, 4) is 0 Å². The summed E-state index contributed by atoms with van der Waals surface area (Å²) in [5.41, 5.74) is 1.08. The number of nitrogens with one attached hydrogen (secondary N) is 1. The number of carbonyl (C=O) groups is 1. The van der Waals surface area contributed by atoms with E-state index in [1.54, 1.807) is 6.33 Å². The molecule has 3 rings (SSSR count). The molecule has 1 aliphatic carbocycles. The molecule has 116 valence electrons. The Balaban J connectivity index is 1.49. The van der Waals surface area contributed by atoms with E-state index in [2.05, 4.69) is 15.5 Å². The van der Waals surface area contributed by atoms with Gasteiger partial charge in [0.15, 0.2) is 0 Å². The highest BCUT2D eigenvalue weighted by Crippen LogP contribution is 2.49. The van der Waals surface area contributed by atoms with Gasteiger partial charge in [-0.2, -0.15) is 0 Å². The van der Waals surface area contributed by atoms with Crippen LogP contribution < -0.4 is 5.32 Å². The Morgan fingerprint density at radius 3 is 3.05 bits per heavy atom. The van der Waals surface area contributed by atoms with Crippen molar-refractivity contribution in [1.29, 1.82) is 0 Å². The van der Waals surface area contributed by atoms with Crippen molar-refractivity contribution in [3.05, 3.63) is 47.0 Å². The van der Waals surface area contributed by atoms with Crippen molar-refractivity contribution in [2.75, 3.05) is 6.54 Å². The first-order chi connectivity index (χ1) is 10.7. The minimum Gasteiger partial charge on any atom is -0.354 e. The number of benzene rings is 1. The Kier molecular flexibility index (Phi) is 4.43. The summed E-state index contributed by atoms with van der Waals surface area (Å²) < 4.78 is 1.97. The highest BCUT2D eigenvalue weighted by atomic mass is 35.5. The highest BCUT2D eigenvalue weighted by Gasteiger charge is 2.44. The topological polar surface area (TPSA) is 59.8 Å². The molecule has 1 saturated carbocycles.